The number of aromatic nitrogens is 1. The Labute approximate surface area is 139 Å². The van der Waals surface area contributed by atoms with Crippen molar-refractivity contribution in [2.45, 2.75) is 13.0 Å². The van der Waals surface area contributed by atoms with Crippen LogP contribution in [0.5, 0.6) is 0 Å². The summed E-state index contributed by atoms with van der Waals surface area (Å²) in [4.78, 5) is 28.0. The van der Waals surface area contributed by atoms with E-state index in [9.17, 15) is 14.0 Å². The normalized spacial score (nSPS) is 17.8. The fourth-order valence-electron chi connectivity index (χ4n) is 3.00. The number of carbonyl (C=O) groups excluding carboxylic acids is 1. The van der Waals surface area contributed by atoms with Gasteiger partial charge in [0.05, 0.1) is 0 Å². The van der Waals surface area contributed by atoms with Gasteiger partial charge in [0.25, 0.3) is 5.91 Å². The Morgan fingerprint density at radius 3 is 2.88 bits per heavy atom. The zero-order valence-corrected chi connectivity index (χ0v) is 13.3. The first-order chi connectivity index (χ1) is 11.6. The Balaban J connectivity index is 1.49. The van der Waals surface area contributed by atoms with Crippen LogP contribution in [0.1, 0.15) is 22.5 Å². The first kappa shape index (κ1) is 16.4. The van der Waals surface area contributed by atoms with E-state index in [-0.39, 0.29) is 23.0 Å². The van der Waals surface area contributed by atoms with Crippen LogP contribution in [0, 0.1) is 11.7 Å². The van der Waals surface area contributed by atoms with Crippen molar-refractivity contribution >= 4 is 5.91 Å². The Morgan fingerprint density at radius 1 is 1.25 bits per heavy atom. The van der Waals surface area contributed by atoms with Gasteiger partial charge in [-0.2, -0.15) is 0 Å². The number of likely N-dealkylation sites (tertiary alicyclic amines) is 1. The molecule has 2 aromatic rings. The minimum Gasteiger partial charge on any atom is -0.350 e. The van der Waals surface area contributed by atoms with E-state index >= 15 is 0 Å². The zero-order chi connectivity index (χ0) is 16.9. The molecule has 0 spiro atoms. The van der Waals surface area contributed by atoms with Crippen LogP contribution in [0.15, 0.2) is 47.3 Å². The number of nitrogens with zero attached hydrogens (tertiary/aromatic N) is 1. The average molecular weight is 329 g/mol. The first-order valence-corrected chi connectivity index (χ1v) is 8.05. The van der Waals surface area contributed by atoms with E-state index in [0.29, 0.717) is 24.6 Å². The van der Waals surface area contributed by atoms with Crippen LogP contribution in [0.2, 0.25) is 0 Å². The molecule has 3 rings (SSSR count). The lowest BCUT2D eigenvalue weighted by Gasteiger charge is -2.16. The Morgan fingerprint density at radius 2 is 2.08 bits per heavy atom. The maximum Gasteiger partial charge on any atom is 0.267 e. The lowest BCUT2D eigenvalue weighted by atomic mass is 10.1. The monoisotopic (exact) mass is 329 g/mol. The molecular weight excluding hydrogens is 309 g/mol. The molecule has 1 aromatic carbocycles. The second kappa shape index (κ2) is 7.40. The summed E-state index contributed by atoms with van der Waals surface area (Å²) in [6.45, 7) is 2.84. The molecule has 126 valence electrons. The molecular formula is C18H20FN3O2. The van der Waals surface area contributed by atoms with Gasteiger partial charge in [-0.15, -0.1) is 0 Å². The molecule has 1 aromatic heterocycles. The van der Waals surface area contributed by atoms with E-state index in [0.717, 1.165) is 19.5 Å². The molecule has 5 nitrogen and oxygen atoms in total. The molecule has 0 aliphatic carbocycles. The smallest absolute Gasteiger partial charge is 0.267 e. The number of H-pyrrole nitrogens is 1. The number of benzene rings is 1. The van der Waals surface area contributed by atoms with Crippen molar-refractivity contribution in [1.82, 2.24) is 15.2 Å². The van der Waals surface area contributed by atoms with Gasteiger partial charge in [-0.25, -0.2) is 4.39 Å². The fourth-order valence-corrected chi connectivity index (χ4v) is 3.00. The number of carbonyl (C=O) groups is 1. The van der Waals surface area contributed by atoms with Gasteiger partial charge < -0.3 is 10.3 Å². The number of nitrogens with one attached hydrogen (secondary N) is 2. The molecule has 1 fully saturated rings. The van der Waals surface area contributed by atoms with Crippen LogP contribution in [-0.4, -0.2) is 35.4 Å². The summed E-state index contributed by atoms with van der Waals surface area (Å²) in [7, 11) is 0. The van der Waals surface area contributed by atoms with E-state index in [1.165, 1.54) is 12.1 Å². The molecule has 1 aliphatic heterocycles. The van der Waals surface area contributed by atoms with Crippen LogP contribution in [-0.2, 0) is 6.54 Å². The summed E-state index contributed by atoms with van der Waals surface area (Å²) in [6.07, 6.45) is 0.958. The van der Waals surface area contributed by atoms with Crippen molar-refractivity contribution in [3.63, 3.8) is 0 Å². The molecule has 1 atom stereocenters. The van der Waals surface area contributed by atoms with Gasteiger partial charge in [0.2, 0.25) is 5.56 Å². The predicted molar refractivity (Wildman–Crippen MR) is 89.2 cm³/mol. The average Bonchev–Trinajstić information content (AvgIpc) is 3.02. The molecule has 1 amide bonds. The highest BCUT2D eigenvalue weighted by Crippen LogP contribution is 2.19. The van der Waals surface area contributed by atoms with Crippen LogP contribution >= 0.6 is 0 Å². The Kier molecular flexibility index (Phi) is 5.05. The number of halogens is 1. The summed E-state index contributed by atoms with van der Waals surface area (Å²) in [5.74, 6) is -0.126. The lowest BCUT2D eigenvalue weighted by Crippen LogP contribution is -2.32. The third kappa shape index (κ3) is 4.08. The van der Waals surface area contributed by atoms with Crippen LogP contribution in [0.25, 0.3) is 0 Å². The molecule has 2 heterocycles. The van der Waals surface area contributed by atoms with Gasteiger partial charge in [-0.1, -0.05) is 24.3 Å². The Bertz CT molecular complexity index is 775. The van der Waals surface area contributed by atoms with E-state index in [1.807, 2.05) is 6.07 Å². The summed E-state index contributed by atoms with van der Waals surface area (Å²) in [5.41, 5.74) is 0.673. The number of aromatic amines is 1. The van der Waals surface area contributed by atoms with Crippen molar-refractivity contribution in [3.05, 3.63) is 69.9 Å². The number of amides is 1. The van der Waals surface area contributed by atoms with Gasteiger partial charge >= 0.3 is 0 Å². The maximum atomic E-state index is 13.7. The Hall–Kier alpha value is -2.47. The number of hydrogen-bond donors (Lipinski definition) is 2. The minimum absolute atomic E-state index is 0.178. The molecule has 24 heavy (non-hydrogen) atoms. The van der Waals surface area contributed by atoms with Gasteiger partial charge in [0.15, 0.2) is 0 Å². The van der Waals surface area contributed by atoms with Crippen molar-refractivity contribution in [2.75, 3.05) is 19.6 Å². The molecule has 2 N–H and O–H groups in total. The third-order valence-electron chi connectivity index (χ3n) is 4.29. The molecule has 0 radical (unpaired) electrons. The standard InChI is InChI=1S/C18H20FN3O2/c19-15-5-2-1-4-14(15)12-22-9-8-13(11-22)10-20-18(24)16-6-3-7-17(23)21-16/h1-7,13H,8-12H2,(H,20,24)(H,21,23)/t13-/m1/s1. The quantitative estimate of drug-likeness (QED) is 0.879. The lowest BCUT2D eigenvalue weighted by molar-refractivity contribution is 0.0942. The molecule has 0 saturated carbocycles. The molecule has 0 unspecified atom stereocenters. The summed E-state index contributed by atoms with van der Waals surface area (Å²) in [6, 6.07) is 11.3. The van der Waals surface area contributed by atoms with Crippen LogP contribution in [0.3, 0.4) is 0 Å². The second-order valence-electron chi connectivity index (χ2n) is 6.12. The van der Waals surface area contributed by atoms with Gasteiger partial charge in [0, 0.05) is 31.3 Å². The largest absolute Gasteiger partial charge is 0.350 e. The van der Waals surface area contributed by atoms with Crippen molar-refractivity contribution in [1.29, 1.82) is 0 Å². The van der Waals surface area contributed by atoms with Gasteiger partial charge in [0.1, 0.15) is 11.5 Å². The summed E-state index contributed by atoms with van der Waals surface area (Å²) >= 11 is 0. The molecule has 1 saturated heterocycles. The van der Waals surface area contributed by atoms with Gasteiger partial charge in [-0.3, -0.25) is 14.5 Å². The van der Waals surface area contributed by atoms with Crippen molar-refractivity contribution in [3.8, 4) is 0 Å². The van der Waals surface area contributed by atoms with Crippen molar-refractivity contribution < 1.29 is 9.18 Å². The maximum absolute atomic E-state index is 13.7. The number of rotatable bonds is 5. The fraction of sp³-hybridized carbons (Fsp3) is 0.333. The number of pyridine rings is 1. The first-order valence-electron chi connectivity index (χ1n) is 8.05. The SMILES string of the molecule is O=C(NC[C@H]1CCN(Cc2ccccc2F)C1)c1cccc(=O)[nH]1. The zero-order valence-electron chi connectivity index (χ0n) is 13.3. The highest BCUT2D eigenvalue weighted by molar-refractivity contribution is 5.92. The van der Waals surface area contributed by atoms with Crippen LogP contribution in [0.4, 0.5) is 4.39 Å². The summed E-state index contributed by atoms with van der Waals surface area (Å²) < 4.78 is 13.7. The van der Waals surface area contributed by atoms with E-state index < -0.39 is 0 Å². The minimum atomic E-state index is -0.292. The predicted octanol–water partition coefficient (Wildman–Crippen LogP) is 1.77. The topological polar surface area (TPSA) is 65.2 Å². The second-order valence-corrected chi connectivity index (χ2v) is 6.12. The molecule has 6 heteroatoms. The molecule has 0 bridgehead atoms. The number of hydrogen-bond acceptors (Lipinski definition) is 3. The van der Waals surface area contributed by atoms with E-state index in [1.54, 1.807) is 24.3 Å². The van der Waals surface area contributed by atoms with E-state index in [2.05, 4.69) is 15.2 Å². The van der Waals surface area contributed by atoms with Crippen molar-refractivity contribution in [2.24, 2.45) is 5.92 Å². The third-order valence-corrected chi connectivity index (χ3v) is 4.29. The van der Waals surface area contributed by atoms with Gasteiger partial charge in [-0.05, 0) is 31.0 Å². The van der Waals surface area contributed by atoms with Crippen LogP contribution < -0.4 is 10.9 Å². The summed E-state index contributed by atoms with van der Waals surface area (Å²) in [5, 5.41) is 2.85. The highest BCUT2D eigenvalue weighted by atomic mass is 19.1. The van der Waals surface area contributed by atoms with E-state index in [4.69, 9.17) is 0 Å². The highest BCUT2D eigenvalue weighted by Gasteiger charge is 2.23. The molecule has 1 aliphatic rings.